The van der Waals surface area contributed by atoms with E-state index in [4.69, 9.17) is 0 Å². The van der Waals surface area contributed by atoms with Gasteiger partial charge in [-0.15, -0.1) is 0 Å². The summed E-state index contributed by atoms with van der Waals surface area (Å²) in [6.07, 6.45) is 11.2. The molecule has 108 valence electrons. The summed E-state index contributed by atoms with van der Waals surface area (Å²) in [6, 6.07) is 0.0502. The zero-order valence-electron chi connectivity index (χ0n) is 12.1. The van der Waals surface area contributed by atoms with Gasteiger partial charge in [0.1, 0.15) is 0 Å². The van der Waals surface area contributed by atoms with Gasteiger partial charge in [0, 0.05) is 17.2 Å². The Kier molecular flexibility index (Phi) is 2.69. The molecule has 1 amide bonds. The van der Waals surface area contributed by atoms with Gasteiger partial charge >= 0.3 is 0 Å². The second-order valence-electron chi connectivity index (χ2n) is 7.42. The van der Waals surface area contributed by atoms with Crippen LogP contribution in [0.1, 0.15) is 57.1 Å². The molecule has 0 radical (unpaired) electrons. The average Bonchev–Trinajstić information content (AvgIpc) is 2.90. The van der Waals surface area contributed by atoms with Gasteiger partial charge in [0.2, 0.25) is 5.91 Å². The normalized spacial score (nSPS) is 39.8. The van der Waals surface area contributed by atoms with E-state index in [2.05, 4.69) is 15.5 Å². The number of nitrogens with zero attached hydrogens (tertiary/aromatic N) is 1. The molecule has 0 saturated heterocycles. The van der Waals surface area contributed by atoms with E-state index in [1.807, 2.05) is 13.1 Å². The molecular weight excluding hydrogens is 250 g/mol. The van der Waals surface area contributed by atoms with E-state index in [0.29, 0.717) is 5.91 Å². The van der Waals surface area contributed by atoms with Crippen molar-refractivity contribution in [1.82, 2.24) is 15.5 Å². The van der Waals surface area contributed by atoms with Crippen LogP contribution >= 0.6 is 0 Å². The maximum Gasteiger partial charge on any atom is 0.226 e. The van der Waals surface area contributed by atoms with E-state index < -0.39 is 0 Å². The lowest BCUT2D eigenvalue weighted by atomic mass is 9.49. The molecule has 1 aromatic heterocycles. The fourth-order valence-corrected chi connectivity index (χ4v) is 5.32. The number of H-pyrrole nitrogens is 1. The molecule has 1 atom stereocenters. The summed E-state index contributed by atoms with van der Waals surface area (Å²) >= 11 is 0. The van der Waals surface area contributed by atoms with E-state index in [-0.39, 0.29) is 11.5 Å². The van der Waals surface area contributed by atoms with E-state index >= 15 is 0 Å². The molecule has 20 heavy (non-hydrogen) atoms. The van der Waals surface area contributed by atoms with Crippen molar-refractivity contribution in [2.24, 2.45) is 23.2 Å². The lowest BCUT2D eigenvalue weighted by Gasteiger charge is -2.55. The smallest absolute Gasteiger partial charge is 0.226 e. The fourth-order valence-electron chi connectivity index (χ4n) is 5.32. The molecule has 0 aromatic carbocycles. The Bertz CT molecular complexity index is 473. The average molecular weight is 273 g/mol. The first kappa shape index (κ1) is 12.4. The summed E-state index contributed by atoms with van der Waals surface area (Å²) in [7, 11) is 0. The minimum absolute atomic E-state index is 0.0489. The zero-order chi connectivity index (χ0) is 13.7. The molecule has 4 fully saturated rings. The van der Waals surface area contributed by atoms with E-state index in [9.17, 15) is 4.79 Å². The molecule has 4 heteroatoms. The third-order valence-corrected chi connectivity index (χ3v) is 5.89. The summed E-state index contributed by atoms with van der Waals surface area (Å²) in [6.45, 7) is 2.04. The lowest BCUT2D eigenvalue weighted by Crippen LogP contribution is -2.53. The quantitative estimate of drug-likeness (QED) is 0.889. The van der Waals surface area contributed by atoms with Crippen molar-refractivity contribution in [3.8, 4) is 0 Å². The molecule has 1 aromatic rings. The number of hydrogen-bond donors (Lipinski definition) is 2. The van der Waals surface area contributed by atoms with Crippen LogP contribution in [0.3, 0.4) is 0 Å². The summed E-state index contributed by atoms with van der Waals surface area (Å²) in [5.74, 6) is 2.74. The van der Waals surface area contributed by atoms with Gasteiger partial charge in [-0.1, -0.05) is 0 Å². The van der Waals surface area contributed by atoms with Gasteiger partial charge in [-0.2, -0.15) is 5.10 Å². The number of aromatic nitrogens is 2. The Morgan fingerprint density at radius 1 is 1.30 bits per heavy atom. The highest BCUT2D eigenvalue weighted by atomic mass is 16.2. The standard InChI is InChI=1S/C16H23N3O/c1-10(14-8-17-18-9-14)19-15(20)16-5-11-2-12(6-16)4-13(3-11)7-16/h8-13H,2-7H2,1H3,(H,17,18)(H,19,20). The van der Waals surface area contributed by atoms with Crippen LogP contribution < -0.4 is 5.32 Å². The Hall–Kier alpha value is -1.32. The number of carbonyl (C=O) groups is 1. The van der Waals surface area contributed by atoms with Crippen LogP contribution in [0.4, 0.5) is 0 Å². The first-order valence-electron chi connectivity index (χ1n) is 7.94. The minimum Gasteiger partial charge on any atom is -0.349 e. The van der Waals surface area contributed by atoms with Gasteiger partial charge in [-0.05, 0) is 63.2 Å². The molecule has 0 aliphatic heterocycles. The minimum atomic E-state index is -0.0489. The van der Waals surface area contributed by atoms with Crippen LogP contribution in [-0.2, 0) is 4.79 Å². The van der Waals surface area contributed by atoms with Crippen LogP contribution in [0.15, 0.2) is 12.4 Å². The molecule has 1 heterocycles. The van der Waals surface area contributed by atoms with Gasteiger partial charge in [-0.25, -0.2) is 0 Å². The zero-order valence-corrected chi connectivity index (χ0v) is 12.1. The highest BCUT2D eigenvalue weighted by Crippen LogP contribution is 2.60. The second-order valence-corrected chi connectivity index (χ2v) is 7.42. The first-order chi connectivity index (χ1) is 9.64. The number of carbonyl (C=O) groups excluding carboxylic acids is 1. The molecule has 4 aliphatic carbocycles. The van der Waals surface area contributed by atoms with Gasteiger partial charge in [0.15, 0.2) is 0 Å². The van der Waals surface area contributed by atoms with Gasteiger partial charge in [-0.3, -0.25) is 9.89 Å². The molecular formula is C16H23N3O. The maximum absolute atomic E-state index is 12.9. The van der Waals surface area contributed by atoms with Crippen LogP contribution in [0.25, 0.3) is 0 Å². The van der Waals surface area contributed by atoms with E-state index in [1.165, 1.54) is 19.3 Å². The van der Waals surface area contributed by atoms with E-state index in [1.54, 1.807) is 6.20 Å². The summed E-state index contributed by atoms with van der Waals surface area (Å²) in [5.41, 5.74) is 1.01. The Balaban J connectivity index is 1.51. The molecule has 4 saturated carbocycles. The Labute approximate surface area is 119 Å². The van der Waals surface area contributed by atoms with Crippen molar-refractivity contribution in [2.45, 2.75) is 51.5 Å². The molecule has 4 bridgehead atoms. The predicted octanol–water partition coefficient (Wildman–Crippen LogP) is 2.80. The number of rotatable bonds is 3. The fraction of sp³-hybridized carbons (Fsp3) is 0.750. The highest BCUT2D eigenvalue weighted by Gasteiger charge is 2.54. The maximum atomic E-state index is 12.9. The van der Waals surface area contributed by atoms with Crippen LogP contribution in [0, 0.1) is 23.2 Å². The summed E-state index contributed by atoms with van der Waals surface area (Å²) in [4.78, 5) is 12.9. The molecule has 2 N–H and O–H groups in total. The number of nitrogens with one attached hydrogen (secondary N) is 2. The van der Waals surface area contributed by atoms with Gasteiger partial charge in [0.25, 0.3) is 0 Å². The number of hydrogen-bond acceptors (Lipinski definition) is 2. The summed E-state index contributed by atoms with van der Waals surface area (Å²) < 4.78 is 0. The van der Waals surface area contributed by atoms with Gasteiger partial charge < -0.3 is 5.32 Å². The van der Waals surface area contributed by atoms with Crippen molar-refractivity contribution < 1.29 is 4.79 Å². The van der Waals surface area contributed by atoms with Crippen LogP contribution in [0.2, 0.25) is 0 Å². The molecule has 4 aliphatic rings. The molecule has 4 nitrogen and oxygen atoms in total. The number of amides is 1. The first-order valence-corrected chi connectivity index (χ1v) is 7.94. The third-order valence-electron chi connectivity index (χ3n) is 5.89. The Morgan fingerprint density at radius 2 is 1.90 bits per heavy atom. The monoisotopic (exact) mass is 273 g/mol. The molecule has 0 spiro atoms. The topological polar surface area (TPSA) is 57.8 Å². The third kappa shape index (κ3) is 1.88. The molecule has 5 rings (SSSR count). The largest absolute Gasteiger partial charge is 0.349 e. The van der Waals surface area contributed by atoms with Crippen LogP contribution in [0.5, 0.6) is 0 Å². The number of aromatic amines is 1. The van der Waals surface area contributed by atoms with Gasteiger partial charge in [0.05, 0.1) is 12.2 Å². The van der Waals surface area contributed by atoms with E-state index in [0.717, 1.165) is 42.6 Å². The van der Waals surface area contributed by atoms with Crippen molar-refractivity contribution in [3.63, 3.8) is 0 Å². The SMILES string of the molecule is CC(NC(=O)C12CC3CC(CC(C3)C1)C2)c1cn[nH]c1. The highest BCUT2D eigenvalue weighted by molar-refractivity contribution is 5.83. The second kappa shape index (κ2) is 4.34. The lowest BCUT2D eigenvalue weighted by molar-refractivity contribution is -0.147. The molecule has 1 unspecified atom stereocenters. The Morgan fingerprint density at radius 3 is 2.40 bits per heavy atom. The van der Waals surface area contributed by atoms with Crippen molar-refractivity contribution in [2.75, 3.05) is 0 Å². The summed E-state index contributed by atoms with van der Waals surface area (Å²) in [5, 5.41) is 10.0. The van der Waals surface area contributed by atoms with Crippen molar-refractivity contribution in [1.29, 1.82) is 0 Å². The van der Waals surface area contributed by atoms with Crippen molar-refractivity contribution >= 4 is 5.91 Å². The van der Waals surface area contributed by atoms with Crippen molar-refractivity contribution in [3.05, 3.63) is 18.0 Å². The van der Waals surface area contributed by atoms with Crippen LogP contribution in [-0.4, -0.2) is 16.1 Å². The predicted molar refractivity (Wildman–Crippen MR) is 75.8 cm³/mol.